The van der Waals surface area contributed by atoms with E-state index in [0.29, 0.717) is 29.8 Å². The quantitative estimate of drug-likeness (QED) is 0.282. The van der Waals surface area contributed by atoms with E-state index in [4.69, 9.17) is 14.9 Å². The lowest BCUT2D eigenvalue weighted by Crippen LogP contribution is -2.59. The van der Waals surface area contributed by atoms with E-state index in [1.165, 1.54) is 0 Å². The largest absolute Gasteiger partial charge is 0.444 e. The minimum Gasteiger partial charge on any atom is -0.444 e. The van der Waals surface area contributed by atoms with E-state index >= 15 is 0 Å². The van der Waals surface area contributed by atoms with Gasteiger partial charge in [-0.25, -0.2) is 9.78 Å². The van der Waals surface area contributed by atoms with E-state index in [1.807, 2.05) is 26.8 Å². The molecule has 12 heteroatoms. The number of carbonyl (C=O) groups is 2. The zero-order valence-corrected chi connectivity index (χ0v) is 26.7. The van der Waals surface area contributed by atoms with E-state index in [2.05, 4.69) is 75.3 Å². The molecule has 1 aliphatic heterocycles. The fourth-order valence-corrected chi connectivity index (χ4v) is 5.66. The molecule has 10 nitrogen and oxygen atoms in total. The molecule has 1 aliphatic rings. The molecule has 0 bridgehead atoms. The second-order valence-corrected chi connectivity index (χ2v) is 17.9. The minimum atomic E-state index is -2.19. The molecule has 214 valence electrons. The number of carbonyl (C=O) groups excluding carboxylic acids is 2. The zero-order valence-electron chi connectivity index (χ0n) is 24.1. The number of piperidine rings is 1. The van der Waals surface area contributed by atoms with Crippen LogP contribution < -0.4 is 21.3 Å². The maximum atomic E-state index is 13.1. The van der Waals surface area contributed by atoms with Gasteiger partial charge in [0, 0.05) is 19.3 Å². The standard InChI is InChI=1S/C27H41BrN6O4Si/c1-26(2,3)37-25(36)32-18-12-14-34(16-21(18)38-39(7,8)27(4,5)6)20-11-13-30-15-19(20)31-24(35)23-17(29)9-10-22(28)33-23/h9-11,13,15,18,21H,12,14,16,29H2,1-8H3,(H,31,35)(H,32,36)/t18-,21-/m1/s1. The Balaban J connectivity index is 1.86. The van der Waals surface area contributed by atoms with Gasteiger partial charge in [-0.15, -0.1) is 0 Å². The maximum absolute atomic E-state index is 13.1. The van der Waals surface area contributed by atoms with Gasteiger partial charge < -0.3 is 30.4 Å². The topological polar surface area (TPSA) is 132 Å². The van der Waals surface area contributed by atoms with Crippen LogP contribution in [0.3, 0.4) is 0 Å². The highest BCUT2D eigenvalue weighted by Crippen LogP contribution is 2.39. The van der Waals surface area contributed by atoms with Gasteiger partial charge in [0.05, 0.1) is 35.4 Å². The summed E-state index contributed by atoms with van der Waals surface area (Å²) in [7, 11) is -2.19. The highest BCUT2D eigenvalue weighted by molar-refractivity contribution is 9.10. The summed E-state index contributed by atoms with van der Waals surface area (Å²) >= 11 is 3.29. The summed E-state index contributed by atoms with van der Waals surface area (Å²) in [6.07, 6.45) is 3.18. The number of nitrogen functional groups attached to an aromatic ring is 1. The van der Waals surface area contributed by atoms with Gasteiger partial charge in [0.25, 0.3) is 5.91 Å². The molecule has 0 unspecified atom stereocenters. The molecule has 0 aromatic carbocycles. The van der Waals surface area contributed by atoms with E-state index < -0.39 is 25.9 Å². The van der Waals surface area contributed by atoms with Crippen LogP contribution in [0.5, 0.6) is 0 Å². The molecule has 0 spiro atoms. The molecule has 0 aliphatic carbocycles. The molecular weight excluding hydrogens is 580 g/mol. The first-order valence-electron chi connectivity index (χ1n) is 13.1. The van der Waals surface area contributed by atoms with Crippen molar-refractivity contribution < 1.29 is 18.8 Å². The van der Waals surface area contributed by atoms with Gasteiger partial charge >= 0.3 is 6.09 Å². The number of nitrogens with zero attached hydrogens (tertiary/aromatic N) is 3. The number of pyridine rings is 2. The number of ether oxygens (including phenoxy) is 1. The number of aromatic nitrogens is 2. The summed E-state index contributed by atoms with van der Waals surface area (Å²) in [5.41, 5.74) is 7.14. The van der Waals surface area contributed by atoms with E-state index in [-0.39, 0.29) is 28.6 Å². The first-order chi connectivity index (χ1) is 18.0. The van der Waals surface area contributed by atoms with Gasteiger partial charge in [0.2, 0.25) is 0 Å². The predicted octanol–water partition coefficient (Wildman–Crippen LogP) is 5.57. The third-order valence-corrected chi connectivity index (χ3v) is 12.0. The summed E-state index contributed by atoms with van der Waals surface area (Å²) < 4.78 is 12.9. The van der Waals surface area contributed by atoms with E-state index in [0.717, 1.165) is 5.69 Å². The Morgan fingerprint density at radius 1 is 1.15 bits per heavy atom. The first-order valence-corrected chi connectivity index (χ1v) is 16.8. The Bertz CT molecular complexity index is 1200. The molecule has 2 atom stereocenters. The fraction of sp³-hybridized carbons (Fsp3) is 0.556. The lowest BCUT2D eigenvalue weighted by Gasteiger charge is -2.46. The van der Waals surface area contributed by atoms with Crippen molar-refractivity contribution in [2.45, 2.75) is 83.8 Å². The molecule has 0 saturated carbocycles. The molecule has 3 rings (SSSR count). The minimum absolute atomic E-state index is 0.0154. The number of nitrogens with two attached hydrogens (primary N) is 1. The summed E-state index contributed by atoms with van der Waals surface area (Å²) in [4.78, 5) is 36.4. The number of alkyl carbamates (subject to hydrolysis) is 1. The number of nitrogens with one attached hydrogen (secondary N) is 2. The van der Waals surface area contributed by atoms with Crippen LogP contribution in [0.25, 0.3) is 0 Å². The normalized spacial score (nSPS) is 18.4. The van der Waals surface area contributed by atoms with Gasteiger partial charge in [-0.1, -0.05) is 20.8 Å². The third kappa shape index (κ3) is 8.15. The molecule has 1 fully saturated rings. The van der Waals surface area contributed by atoms with Crippen molar-refractivity contribution in [3.63, 3.8) is 0 Å². The Morgan fingerprint density at radius 2 is 1.85 bits per heavy atom. The van der Waals surface area contributed by atoms with Crippen molar-refractivity contribution in [2.75, 3.05) is 29.0 Å². The summed E-state index contributed by atoms with van der Waals surface area (Å²) in [6.45, 7) is 17.6. The number of rotatable bonds is 6. The van der Waals surface area contributed by atoms with E-state index in [9.17, 15) is 9.59 Å². The third-order valence-electron chi connectivity index (χ3n) is 7.01. The van der Waals surface area contributed by atoms with Crippen LogP contribution in [0.4, 0.5) is 21.9 Å². The van der Waals surface area contributed by atoms with Gasteiger partial charge in [-0.2, -0.15) is 0 Å². The van der Waals surface area contributed by atoms with Crippen molar-refractivity contribution in [1.29, 1.82) is 0 Å². The molecule has 3 heterocycles. The van der Waals surface area contributed by atoms with Crippen LogP contribution in [-0.2, 0) is 9.16 Å². The molecule has 0 radical (unpaired) electrons. The molecule has 2 aromatic rings. The van der Waals surface area contributed by atoms with Crippen LogP contribution >= 0.6 is 15.9 Å². The molecule has 2 aromatic heterocycles. The summed E-state index contributed by atoms with van der Waals surface area (Å²) in [5.74, 6) is -0.432. The van der Waals surface area contributed by atoms with Gasteiger partial charge in [0.1, 0.15) is 10.2 Å². The Kier molecular flexibility index (Phi) is 9.34. The molecular formula is C27H41BrN6O4Si. The SMILES string of the molecule is CC(C)(C)OC(=O)N[C@@H]1CCN(c2ccncc2NC(=O)c2nc(Br)ccc2N)C[C@H]1O[Si](C)(C)C(C)(C)C. The second-order valence-electron chi connectivity index (χ2n) is 12.3. The van der Waals surface area contributed by atoms with Crippen molar-refractivity contribution in [2.24, 2.45) is 0 Å². The van der Waals surface area contributed by atoms with E-state index in [1.54, 1.807) is 24.5 Å². The maximum Gasteiger partial charge on any atom is 0.407 e. The predicted molar refractivity (Wildman–Crippen MR) is 161 cm³/mol. The summed E-state index contributed by atoms with van der Waals surface area (Å²) in [5, 5.41) is 5.96. The van der Waals surface area contributed by atoms with Crippen molar-refractivity contribution in [3.8, 4) is 0 Å². The van der Waals surface area contributed by atoms with Crippen LogP contribution in [0, 0.1) is 0 Å². The van der Waals surface area contributed by atoms with Crippen molar-refractivity contribution in [1.82, 2.24) is 15.3 Å². The Hall–Kier alpha value is -2.70. The lowest BCUT2D eigenvalue weighted by atomic mass is 10.0. The molecule has 1 saturated heterocycles. The fourth-order valence-electron chi connectivity index (χ4n) is 4.00. The van der Waals surface area contributed by atoms with Crippen LogP contribution in [0.15, 0.2) is 35.2 Å². The van der Waals surface area contributed by atoms with Crippen LogP contribution in [0.1, 0.15) is 58.5 Å². The average molecular weight is 622 g/mol. The monoisotopic (exact) mass is 620 g/mol. The number of amides is 2. The Labute approximate surface area is 240 Å². The number of halogens is 1. The summed E-state index contributed by atoms with van der Waals surface area (Å²) in [6, 6.07) is 4.94. The second kappa shape index (κ2) is 11.8. The first kappa shape index (κ1) is 30.8. The number of anilines is 3. The highest BCUT2D eigenvalue weighted by Gasteiger charge is 2.43. The van der Waals surface area contributed by atoms with Gasteiger partial charge in [-0.05, 0) is 79.5 Å². The smallest absolute Gasteiger partial charge is 0.407 e. The van der Waals surface area contributed by atoms with Gasteiger partial charge in [0.15, 0.2) is 14.0 Å². The molecule has 39 heavy (non-hydrogen) atoms. The average Bonchev–Trinajstić information content (AvgIpc) is 2.80. The molecule has 4 N–H and O–H groups in total. The van der Waals surface area contributed by atoms with Crippen molar-refractivity contribution >= 4 is 53.3 Å². The van der Waals surface area contributed by atoms with Crippen molar-refractivity contribution in [3.05, 3.63) is 40.9 Å². The highest BCUT2D eigenvalue weighted by atomic mass is 79.9. The molecule has 2 amide bonds. The van der Waals surface area contributed by atoms with Crippen LogP contribution in [-0.4, -0.2) is 61.1 Å². The Morgan fingerprint density at radius 3 is 2.49 bits per heavy atom. The van der Waals surface area contributed by atoms with Crippen LogP contribution in [0.2, 0.25) is 18.1 Å². The van der Waals surface area contributed by atoms with Gasteiger partial charge in [-0.3, -0.25) is 9.78 Å². The number of hydrogen-bond acceptors (Lipinski definition) is 8. The lowest BCUT2D eigenvalue weighted by molar-refractivity contribution is 0.0415. The number of hydrogen-bond donors (Lipinski definition) is 3. The zero-order chi connectivity index (χ0) is 29.2.